The van der Waals surface area contributed by atoms with Crippen LogP contribution >= 0.6 is 8.25 Å². The van der Waals surface area contributed by atoms with E-state index in [2.05, 4.69) is 0 Å². The van der Waals surface area contributed by atoms with Crippen molar-refractivity contribution in [1.29, 1.82) is 0 Å². The second-order valence-corrected chi connectivity index (χ2v) is 0.758. The first-order valence-corrected chi connectivity index (χ1v) is 1.75. The summed E-state index contributed by atoms with van der Waals surface area (Å²) in [4.78, 5) is 14.2. The Morgan fingerprint density at radius 2 is 1.33 bits per heavy atom. The van der Waals surface area contributed by atoms with Crippen LogP contribution in [-0.4, -0.2) is 9.79 Å². The molecular formula is H2INaO3P+. The molecule has 2 N–H and O–H groups in total. The van der Waals surface area contributed by atoms with Crippen molar-refractivity contribution < 1.29 is 67.9 Å². The van der Waals surface area contributed by atoms with E-state index in [4.69, 9.17) is 14.4 Å². The first-order chi connectivity index (χ1) is 1.73. The zero-order valence-corrected chi connectivity index (χ0v) is 8.18. The van der Waals surface area contributed by atoms with Crippen molar-refractivity contribution in [2.75, 3.05) is 0 Å². The van der Waals surface area contributed by atoms with Crippen molar-refractivity contribution in [3.05, 3.63) is 0 Å². The van der Waals surface area contributed by atoms with Crippen molar-refractivity contribution in [3.63, 3.8) is 0 Å². The normalized spacial score (nSPS) is 4.33. The molecule has 0 aliphatic rings. The first kappa shape index (κ1) is 15.7. The Labute approximate surface area is 75.4 Å². The predicted octanol–water partition coefficient (Wildman–Crippen LogP) is -6.36. The van der Waals surface area contributed by atoms with E-state index in [0.717, 1.165) is 0 Å². The van der Waals surface area contributed by atoms with Gasteiger partial charge in [-0.25, -0.2) is 0 Å². The van der Waals surface area contributed by atoms with Crippen LogP contribution in [0.15, 0.2) is 0 Å². The minimum atomic E-state index is -2.87. The monoisotopic (exact) mass is 231 g/mol. The van der Waals surface area contributed by atoms with Gasteiger partial charge in [-0.1, -0.05) is 0 Å². The molecule has 0 spiro atoms. The third-order valence-electron chi connectivity index (χ3n) is 0. The average molecular weight is 231 g/mol. The standard InChI is InChI=1S/HI.Na.HO3P/c;;1-4(2)3/h1H;;(H-,1,2,3)/q;+1;. The Hall–Kier alpha value is 1.75. The molecule has 0 aromatic carbocycles. The van der Waals surface area contributed by atoms with E-state index in [1.54, 1.807) is 0 Å². The van der Waals surface area contributed by atoms with Gasteiger partial charge in [-0.15, -0.1) is 9.79 Å². The molecule has 0 unspecified atom stereocenters. The molecule has 0 aromatic rings. The SMILES string of the molecule is O=[P+](O)O.[I-].[Na+]. The maximum atomic E-state index is 8.70. The number of hydrogen-bond donors (Lipinski definition) is 2. The molecule has 3 nitrogen and oxygen atoms in total. The Morgan fingerprint density at radius 3 is 1.33 bits per heavy atom. The summed E-state index contributed by atoms with van der Waals surface area (Å²) in [7, 11) is -2.87. The molecule has 0 saturated carbocycles. The van der Waals surface area contributed by atoms with Crippen molar-refractivity contribution >= 4 is 8.25 Å². The number of hydrogen-bond acceptors (Lipinski definition) is 1. The van der Waals surface area contributed by atoms with Crippen LogP contribution in [0.3, 0.4) is 0 Å². The van der Waals surface area contributed by atoms with Crippen LogP contribution in [0.2, 0.25) is 0 Å². The van der Waals surface area contributed by atoms with E-state index in [-0.39, 0.29) is 53.5 Å². The van der Waals surface area contributed by atoms with Crippen LogP contribution in [0.4, 0.5) is 0 Å². The largest absolute Gasteiger partial charge is 1.00 e. The fourth-order valence-corrected chi connectivity index (χ4v) is 0. The Morgan fingerprint density at radius 1 is 1.33 bits per heavy atom. The molecule has 32 valence electrons. The summed E-state index contributed by atoms with van der Waals surface area (Å²) in [6.07, 6.45) is 0. The predicted molar refractivity (Wildman–Crippen MR) is 12.0 cm³/mol. The van der Waals surface area contributed by atoms with E-state index in [1.165, 1.54) is 0 Å². The van der Waals surface area contributed by atoms with Crippen molar-refractivity contribution in [2.45, 2.75) is 0 Å². The van der Waals surface area contributed by atoms with Gasteiger partial charge in [-0.05, 0) is 0 Å². The van der Waals surface area contributed by atoms with Gasteiger partial charge < -0.3 is 24.0 Å². The number of halogens is 1. The van der Waals surface area contributed by atoms with E-state index in [1.807, 2.05) is 0 Å². The maximum absolute atomic E-state index is 8.70. The molecule has 0 rings (SSSR count). The Balaban J connectivity index is -0.0000000450. The number of rotatable bonds is 0. The minimum Gasteiger partial charge on any atom is -1.00 e. The van der Waals surface area contributed by atoms with Gasteiger partial charge in [0.1, 0.15) is 0 Å². The summed E-state index contributed by atoms with van der Waals surface area (Å²) in [5.41, 5.74) is 0. The molecule has 0 fully saturated rings. The van der Waals surface area contributed by atoms with Gasteiger partial charge in [0.2, 0.25) is 0 Å². The molecule has 0 heterocycles. The summed E-state index contributed by atoms with van der Waals surface area (Å²) in [5, 5.41) is 0. The van der Waals surface area contributed by atoms with Crippen LogP contribution in [-0.2, 0) is 4.57 Å². The fourth-order valence-electron chi connectivity index (χ4n) is 0. The average Bonchev–Trinajstić information content (AvgIpc) is 0.811. The molecular weight excluding hydrogens is 229 g/mol. The van der Waals surface area contributed by atoms with Crippen LogP contribution in [0.5, 0.6) is 0 Å². The summed E-state index contributed by atoms with van der Waals surface area (Å²) >= 11 is 0. The zero-order chi connectivity index (χ0) is 3.58. The molecule has 6 heavy (non-hydrogen) atoms. The molecule has 6 heteroatoms. The van der Waals surface area contributed by atoms with Crippen LogP contribution < -0.4 is 53.5 Å². The summed E-state index contributed by atoms with van der Waals surface area (Å²) in [6.45, 7) is 0. The van der Waals surface area contributed by atoms with Gasteiger partial charge in [0, 0.05) is 4.57 Å². The van der Waals surface area contributed by atoms with Gasteiger partial charge in [-0.3, -0.25) is 0 Å². The van der Waals surface area contributed by atoms with E-state index in [0.29, 0.717) is 0 Å². The summed E-state index contributed by atoms with van der Waals surface area (Å²) in [5.74, 6) is 0. The van der Waals surface area contributed by atoms with Crippen LogP contribution in [0.1, 0.15) is 0 Å². The third kappa shape index (κ3) is 42.4. The molecule has 0 amide bonds. The molecule has 0 aliphatic heterocycles. The van der Waals surface area contributed by atoms with Gasteiger partial charge in [0.25, 0.3) is 0 Å². The van der Waals surface area contributed by atoms with Crippen molar-refractivity contribution in [3.8, 4) is 0 Å². The summed E-state index contributed by atoms with van der Waals surface area (Å²) in [6, 6.07) is 0. The molecule has 0 aliphatic carbocycles. The van der Waals surface area contributed by atoms with Crippen molar-refractivity contribution in [2.24, 2.45) is 0 Å². The molecule has 0 atom stereocenters. The third-order valence-corrected chi connectivity index (χ3v) is 0. The fraction of sp³-hybridized carbons (Fsp3) is 0. The Bertz CT molecular complexity index is 33.8. The quantitative estimate of drug-likeness (QED) is 0.247. The smallest absolute Gasteiger partial charge is 1.00 e. The second-order valence-electron chi connectivity index (χ2n) is 0.253. The minimum absolute atomic E-state index is 0. The van der Waals surface area contributed by atoms with Crippen LogP contribution in [0, 0.1) is 0 Å². The molecule has 0 bridgehead atoms. The second kappa shape index (κ2) is 9.89. The van der Waals surface area contributed by atoms with Gasteiger partial charge in [0.15, 0.2) is 0 Å². The van der Waals surface area contributed by atoms with E-state index in [9.17, 15) is 0 Å². The first-order valence-electron chi connectivity index (χ1n) is 0.583. The Kier molecular flexibility index (Phi) is 25.8. The van der Waals surface area contributed by atoms with Gasteiger partial charge in [0.05, 0.1) is 0 Å². The van der Waals surface area contributed by atoms with E-state index < -0.39 is 8.25 Å². The van der Waals surface area contributed by atoms with Crippen molar-refractivity contribution in [1.82, 2.24) is 0 Å². The topological polar surface area (TPSA) is 57.5 Å². The molecule has 0 saturated heterocycles. The molecule has 0 aromatic heterocycles. The van der Waals surface area contributed by atoms with Crippen LogP contribution in [0.25, 0.3) is 0 Å². The zero-order valence-electron chi connectivity index (χ0n) is 3.13. The van der Waals surface area contributed by atoms with Gasteiger partial charge in [-0.2, -0.15) is 0 Å². The maximum Gasteiger partial charge on any atom is 1.00 e. The summed E-state index contributed by atoms with van der Waals surface area (Å²) < 4.78 is 8.70. The van der Waals surface area contributed by atoms with E-state index >= 15 is 0 Å². The molecule has 0 radical (unpaired) electrons. The van der Waals surface area contributed by atoms with Gasteiger partial charge >= 0.3 is 37.8 Å².